The number of hydrogen-bond donors (Lipinski definition) is 1. The first-order chi connectivity index (χ1) is 12.0. The maximum absolute atomic E-state index is 12.5. The monoisotopic (exact) mass is 358 g/mol. The van der Waals surface area contributed by atoms with Crippen molar-refractivity contribution < 1.29 is 9.21 Å². The van der Waals surface area contributed by atoms with Gasteiger partial charge in [-0.25, -0.2) is 4.79 Å². The van der Waals surface area contributed by atoms with E-state index >= 15 is 0 Å². The molecule has 0 radical (unpaired) electrons. The first-order valence-corrected chi connectivity index (χ1v) is 8.60. The number of anilines is 1. The van der Waals surface area contributed by atoms with Gasteiger partial charge in [0.05, 0.1) is 5.52 Å². The number of halogens is 1. The smallest absolute Gasteiger partial charge is 0.408 e. The Balaban J connectivity index is 1.90. The van der Waals surface area contributed by atoms with E-state index in [0.29, 0.717) is 16.1 Å². The average Bonchev–Trinajstić information content (AvgIpc) is 2.89. The van der Waals surface area contributed by atoms with Gasteiger partial charge in [-0.2, -0.15) is 0 Å². The van der Waals surface area contributed by atoms with Crippen molar-refractivity contribution in [3.63, 3.8) is 0 Å². The number of oxazole rings is 1. The van der Waals surface area contributed by atoms with Crippen molar-refractivity contribution in [3.8, 4) is 0 Å². The molecule has 130 valence electrons. The molecule has 0 unspecified atom stereocenters. The van der Waals surface area contributed by atoms with Crippen LogP contribution in [0.15, 0.2) is 45.6 Å². The van der Waals surface area contributed by atoms with Gasteiger partial charge in [-0.15, -0.1) is 0 Å². The number of benzene rings is 2. The summed E-state index contributed by atoms with van der Waals surface area (Å²) in [6, 6.07) is 10.9. The normalized spacial score (nSPS) is 11.0. The molecule has 1 amide bonds. The Labute approximate surface area is 150 Å². The van der Waals surface area contributed by atoms with Crippen LogP contribution in [0.4, 0.5) is 5.69 Å². The molecule has 0 saturated heterocycles. The molecule has 2 aromatic carbocycles. The van der Waals surface area contributed by atoms with Gasteiger partial charge >= 0.3 is 5.76 Å². The molecule has 0 atom stereocenters. The average molecular weight is 359 g/mol. The zero-order chi connectivity index (χ0) is 18.0. The highest BCUT2D eigenvalue weighted by molar-refractivity contribution is 6.31. The van der Waals surface area contributed by atoms with Crippen LogP contribution in [0.25, 0.3) is 11.1 Å². The Morgan fingerprint density at radius 3 is 2.48 bits per heavy atom. The van der Waals surface area contributed by atoms with Crippen molar-refractivity contribution in [1.29, 1.82) is 0 Å². The summed E-state index contributed by atoms with van der Waals surface area (Å²) in [5.41, 5.74) is 3.90. The number of fused-ring (bicyclic) bond motifs is 1. The summed E-state index contributed by atoms with van der Waals surface area (Å²) in [5.74, 6) is -0.845. The van der Waals surface area contributed by atoms with Gasteiger partial charge in [0.15, 0.2) is 5.58 Å². The van der Waals surface area contributed by atoms with E-state index in [1.165, 1.54) is 4.57 Å². The van der Waals surface area contributed by atoms with Gasteiger partial charge in [-0.3, -0.25) is 9.36 Å². The van der Waals surface area contributed by atoms with Gasteiger partial charge in [0.25, 0.3) is 0 Å². The van der Waals surface area contributed by atoms with E-state index in [4.69, 9.17) is 16.0 Å². The van der Waals surface area contributed by atoms with Gasteiger partial charge in [0.1, 0.15) is 6.54 Å². The Kier molecular flexibility index (Phi) is 4.95. The highest BCUT2D eigenvalue weighted by atomic mass is 35.5. The first-order valence-electron chi connectivity index (χ1n) is 8.23. The van der Waals surface area contributed by atoms with Gasteiger partial charge in [-0.05, 0) is 36.1 Å². The quantitative estimate of drug-likeness (QED) is 0.749. The summed E-state index contributed by atoms with van der Waals surface area (Å²) in [6.07, 6.45) is 1.63. The predicted octanol–water partition coefficient (Wildman–Crippen LogP) is 4.01. The second-order valence-electron chi connectivity index (χ2n) is 5.77. The van der Waals surface area contributed by atoms with Gasteiger partial charge in [0.2, 0.25) is 5.91 Å². The van der Waals surface area contributed by atoms with Crippen LogP contribution < -0.4 is 11.1 Å². The molecule has 25 heavy (non-hydrogen) atoms. The highest BCUT2D eigenvalue weighted by Gasteiger charge is 2.15. The van der Waals surface area contributed by atoms with E-state index in [2.05, 4.69) is 5.32 Å². The molecule has 1 heterocycles. The minimum Gasteiger partial charge on any atom is -0.408 e. The number of hydrogen-bond acceptors (Lipinski definition) is 3. The number of nitrogens with one attached hydrogen (secondary N) is 1. The molecule has 0 saturated carbocycles. The van der Waals surface area contributed by atoms with E-state index in [1.54, 1.807) is 18.2 Å². The largest absolute Gasteiger partial charge is 0.420 e. The highest BCUT2D eigenvalue weighted by Crippen LogP contribution is 2.23. The fraction of sp³-hybridized carbons (Fsp3) is 0.263. The molecule has 1 aromatic heterocycles. The fourth-order valence-electron chi connectivity index (χ4n) is 2.92. The number of aryl methyl sites for hydroxylation is 2. The Morgan fingerprint density at radius 1 is 1.16 bits per heavy atom. The SMILES string of the molecule is CCc1cccc(CC)c1NC(=O)Cn1c(=O)oc2cc(Cl)ccc21. The first kappa shape index (κ1) is 17.3. The number of aromatic nitrogens is 1. The summed E-state index contributed by atoms with van der Waals surface area (Å²) < 4.78 is 6.47. The summed E-state index contributed by atoms with van der Waals surface area (Å²) >= 11 is 5.91. The Morgan fingerprint density at radius 2 is 1.84 bits per heavy atom. The molecule has 0 aliphatic rings. The minimum absolute atomic E-state index is 0.116. The van der Waals surface area contributed by atoms with E-state index in [9.17, 15) is 9.59 Å². The molecule has 6 heteroatoms. The lowest BCUT2D eigenvalue weighted by molar-refractivity contribution is -0.116. The molecule has 5 nitrogen and oxygen atoms in total. The predicted molar refractivity (Wildman–Crippen MR) is 99.3 cm³/mol. The number of carbonyl (C=O) groups excluding carboxylic acids is 1. The van der Waals surface area contributed by atoms with Crippen molar-refractivity contribution in [3.05, 3.63) is 63.1 Å². The van der Waals surface area contributed by atoms with Crippen LogP contribution >= 0.6 is 11.6 Å². The molecule has 3 rings (SSSR count). The van der Waals surface area contributed by atoms with Gasteiger partial charge in [0, 0.05) is 16.8 Å². The standard InChI is InChI=1S/C19H19ClN2O3/c1-3-12-6-5-7-13(4-2)18(12)21-17(23)11-22-15-9-8-14(20)10-16(15)25-19(22)24/h5-10H,3-4,11H2,1-2H3,(H,21,23). The van der Waals surface area contributed by atoms with Crippen molar-refractivity contribution in [1.82, 2.24) is 4.57 Å². The fourth-order valence-corrected chi connectivity index (χ4v) is 3.08. The summed E-state index contributed by atoms with van der Waals surface area (Å²) in [7, 11) is 0. The van der Waals surface area contributed by atoms with E-state index in [0.717, 1.165) is 29.7 Å². The molecule has 1 N–H and O–H groups in total. The van der Waals surface area contributed by atoms with Crippen LogP contribution in [-0.4, -0.2) is 10.5 Å². The van der Waals surface area contributed by atoms with Crippen LogP contribution in [0.1, 0.15) is 25.0 Å². The van der Waals surface area contributed by atoms with Crippen molar-refractivity contribution >= 4 is 34.3 Å². The third-order valence-corrected chi connectivity index (χ3v) is 4.43. The van der Waals surface area contributed by atoms with Crippen molar-refractivity contribution in [2.75, 3.05) is 5.32 Å². The van der Waals surface area contributed by atoms with E-state index in [-0.39, 0.29) is 12.5 Å². The molecule has 0 aliphatic heterocycles. The third kappa shape index (κ3) is 3.46. The minimum atomic E-state index is -0.577. The zero-order valence-corrected chi connectivity index (χ0v) is 14.9. The maximum Gasteiger partial charge on any atom is 0.420 e. The van der Waals surface area contributed by atoms with Crippen LogP contribution in [-0.2, 0) is 24.2 Å². The second kappa shape index (κ2) is 7.15. The molecule has 0 fully saturated rings. The van der Waals surface area contributed by atoms with Crippen LogP contribution in [0, 0.1) is 0 Å². The second-order valence-corrected chi connectivity index (χ2v) is 6.21. The zero-order valence-electron chi connectivity index (χ0n) is 14.1. The lowest BCUT2D eigenvalue weighted by Gasteiger charge is -2.14. The number of para-hydroxylation sites is 1. The van der Waals surface area contributed by atoms with Crippen molar-refractivity contribution in [2.45, 2.75) is 33.2 Å². The molecular formula is C19H19ClN2O3. The van der Waals surface area contributed by atoms with Crippen LogP contribution in [0.5, 0.6) is 0 Å². The lowest BCUT2D eigenvalue weighted by atomic mass is 10.0. The van der Waals surface area contributed by atoms with Crippen molar-refractivity contribution in [2.24, 2.45) is 0 Å². The topological polar surface area (TPSA) is 64.2 Å². The molecule has 3 aromatic rings. The lowest BCUT2D eigenvalue weighted by Crippen LogP contribution is -2.25. The van der Waals surface area contributed by atoms with Crippen LogP contribution in [0.2, 0.25) is 5.02 Å². The number of carbonyl (C=O) groups is 1. The molecule has 0 bridgehead atoms. The number of rotatable bonds is 5. The summed E-state index contributed by atoms with van der Waals surface area (Å²) in [6.45, 7) is 3.97. The van der Waals surface area contributed by atoms with E-state index in [1.807, 2.05) is 32.0 Å². The number of amides is 1. The third-order valence-electron chi connectivity index (χ3n) is 4.20. The van der Waals surface area contributed by atoms with E-state index < -0.39 is 5.76 Å². The summed E-state index contributed by atoms with van der Waals surface area (Å²) in [5, 5.41) is 3.43. The Hall–Kier alpha value is -2.53. The summed E-state index contributed by atoms with van der Waals surface area (Å²) in [4.78, 5) is 24.6. The molecular weight excluding hydrogens is 340 g/mol. The molecule has 0 aliphatic carbocycles. The number of nitrogens with zero attached hydrogens (tertiary/aromatic N) is 1. The van der Waals surface area contributed by atoms with Gasteiger partial charge in [-0.1, -0.05) is 43.6 Å². The van der Waals surface area contributed by atoms with Crippen LogP contribution in [0.3, 0.4) is 0 Å². The van der Waals surface area contributed by atoms with Gasteiger partial charge < -0.3 is 9.73 Å². The maximum atomic E-state index is 12.5. The Bertz CT molecular complexity index is 966. The molecule has 0 spiro atoms.